The Morgan fingerprint density at radius 1 is 1.03 bits per heavy atom. The SMILES string of the molecule is CSc1ccccc1NC(=O)CN(C)CC(=O)Nc1ccc2c(c1)OC(F)(F)O2. The minimum Gasteiger partial charge on any atom is -0.395 e. The van der Waals surface area contributed by atoms with E-state index in [2.05, 4.69) is 20.1 Å². The number of likely N-dealkylation sites (N-methyl/N-ethyl adjacent to an activating group) is 1. The number of amides is 2. The molecule has 0 unspecified atom stereocenters. The Hall–Kier alpha value is -2.85. The zero-order valence-corrected chi connectivity index (χ0v) is 16.5. The number of alkyl halides is 2. The molecule has 1 aliphatic heterocycles. The van der Waals surface area contributed by atoms with Crippen molar-refractivity contribution in [2.75, 3.05) is 37.0 Å². The van der Waals surface area contributed by atoms with Gasteiger partial charge in [-0.05, 0) is 37.6 Å². The van der Waals surface area contributed by atoms with Crippen LogP contribution in [0.15, 0.2) is 47.4 Å². The van der Waals surface area contributed by atoms with Gasteiger partial charge in [-0.25, -0.2) is 0 Å². The summed E-state index contributed by atoms with van der Waals surface area (Å²) >= 11 is 1.52. The molecule has 2 amide bonds. The molecule has 10 heteroatoms. The quantitative estimate of drug-likeness (QED) is 0.666. The zero-order valence-electron chi connectivity index (χ0n) is 15.7. The van der Waals surface area contributed by atoms with Crippen molar-refractivity contribution in [2.24, 2.45) is 0 Å². The summed E-state index contributed by atoms with van der Waals surface area (Å²) < 4.78 is 34.8. The monoisotopic (exact) mass is 423 g/mol. The van der Waals surface area contributed by atoms with E-state index < -0.39 is 12.2 Å². The van der Waals surface area contributed by atoms with Crippen LogP contribution in [0.2, 0.25) is 0 Å². The number of para-hydroxylation sites is 1. The largest absolute Gasteiger partial charge is 0.586 e. The highest BCUT2D eigenvalue weighted by Gasteiger charge is 2.43. The number of thioether (sulfide) groups is 1. The molecule has 154 valence electrons. The van der Waals surface area contributed by atoms with Crippen molar-refractivity contribution in [1.82, 2.24) is 4.90 Å². The van der Waals surface area contributed by atoms with Crippen LogP contribution >= 0.6 is 11.8 Å². The maximum Gasteiger partial charge on any atom is 0.586 e. The third-order valence-corrected chi connectivity index (χ3v) is 4.69. The van der Waals surface area contributed by atoms with E-state index >= 15 is 0 Å². The normalized spacial score (nSPS) is 14.0. The first-order valence-electron chi connectivity index (χ1n) is 8.57. The van der Waals surface area contributed by atoms with Crippen LogP contribution in [0.25, 0.3) is 0 Å². The van der Waals surface area contributed by atoms with Gasteiger partial charge in [0, 0.05) is 16.6 Å². The Bertz CT molecular complexity index is 926. The number of halogens is 2. The minimum atomic E-state index is -3.71. The molecule has 0 aromatic heterocycles. The van der Waals surface area contributed by atoms with Crippen molar-refractivity contribution < 1.29 is 27.8 Å². The van der Waals surface area contributed by atoms with Crippen molar-refractivity contribution in [1.29, 1.82) is 0 Å². The predicted octanol–water partition coefficient (Wildman–Crippen LogP) is 3.24. The Kier molecular flexibility index (Phi) is 6.23. The van der Waals surface area contributed by atoms with Crippen LogP contribution in [0.3, 0.4) is 0 Å². The van der Waals surface area contributed by atoms with Gasteiger partial charge in [0.15, 0.2) is 11.5 Å². The first-order chi connectivity index (χ1) is 13.8. The average Bonchev–Trinajstić information content (AvgIpc) is 2.94. The summed E-state index contributed by atoms with van der Waals surface area (Å²) in [5.41, 5.74) is 0.988. The van der Waals surface area contributed by atoms with Gasteiger partial charge in [0.25, 0.3) is 0 Å². The summed E-state index contributed by atoms with van der Waals surface area (Å²) in [5, 5.41) is 5.39. The van der Waals surface area contributed by atoms with Crippen LogP contribution in [0, 0.1) is 0 Å². The number of hydrogen-bond donors (Lipinski definition) is 2. The van der Waals surface area contributed by atoms with E-state index in [1.807, 2.05) is 24.5 Å². The summed E-state index contributed by atoms with van der Waals surface area (Å²) in [6.07, 6.45) is -1.80. The van der Waals surface area contributed by atoms with E-state index in [0.29, 0.717) is 5.69 Å². The minimum absolute atomic E-state index is 0.00347. The van der Waals surface area contributed by atoms with Gasteiger partial charge in [0.05, 0.1) is 18.8 Å². The molecule has 0 atom stereocenters. The van der Waals surface area contributed by atoms with Gasteiger partial charge in [-0.2, -0.15) is 0 Å². The molecule has 0 spiro atoms. The highest BCUT2D eigenvalue weighted by Crippen LogP contribution is 2.42. The number of rotatable bonds is 7. The van der Waals surface area contributed by atoms with Gasteiger partial charge in [-0.15, -0.1) is 20.5 Å². The average molecular weight is 423 g/mol. The first-order valence-corrected chi connectivity index (χ1v) is 9.79. The molecule has 0 saturated carbocycles. The topological polar surface area (TPSA) is 79.9 Å². The van der Waals surface area contributed by atoms with Gasteiger partial charge in [0.1, 0.15) is 0 Å². The molecule has 3 rings (SSSR count). The van der Waals surface area contributed by atoms with Gasteiger partial charge in [0.2, 0.25) is 11.8 Å². The third kappa shape index (κ3) is 5.58. The molecule has 0 saturated heterocycles. The number of hydrogen-bond acceptors (Lipinski definition) is 6. The first kappa shape index (κ1) is 20.9. The van der Waals surface area contributed by atoms with Gasteiger partial charge in [-0.1, -0.05) is 12.1 Å². The Morgan fingerprint density at radius 2 is 1.69 bits per heavy atom. The predicted molar refractivity (Wildman–Crippen MR) is 106 cm³/mol. The van der Waals surface area contributed by atoms with Gasteiger partial charge >= 0.3 is 6.29 Å². The lowest BCUT2D eigenvalue weighted by atomic mass is 10.2. The molecular weight excluding hydrogens is 404 g/mol. The van der Waals surface area contributed by atoms with Crippen LogP contribution in [0.5, 0.6) is 11.5 Å². The molecule has 0 bridgehead atoms. The number of carbonyl (C=O) groups is 2. The molecule has 0 radical (unpaired) electrons. The molecule has 1 heterocycles. The van der Waals surface area contributed by atoms with Gasteiger partial charge < -0.3 is 20.1 Å². The van der Waals surface area contributed by atoms with E-state index in [9.17, 15) is 18.4 Å². The van der Waals surface area contributed by atoms with E-state index in [4.69, 9.17) is 0 Å². The fourth-order valence-electron chi connectivity index (χ4n) is 2.71. The molecular formula is C19H19F2N3O4S. The highest BCUT2D eigenvalue weighted by atomic mass is 32.2. The Balaban J connectivity index is 1.50. The number of nitrogens with one attached hydrogen (secondary N) is 2. The molecule has 0 fully saturated rings. The van der Waals surface area contributed by atoms with Crippen LogP contribution in [-0.4, -0.2) is 49.4 Å². The van der Waals surface area contributed by atoms with Crippen LogP contribution in [0.4, 0.5) is 20.2 Å². The second-order valence-electron chi connectivity index (χ2n) is 6.30. The van der Waals surface area contributed by atoms with E-state index in [1.54, 1.807) is 13.1 Å². The Morgan fingerprint density at radius 3 is 2.41 bits per heavy atom. The highest BCUT2D eigenvalue weighted by molar-refractivity contribution is 7.98. The zero-order chi connectivity index (χ0) is 21.0. The van der Waals surface area contributed by atoms with Crippen molar-refractivity contribution >= 4 is 35.0 Å². The number of nitrogens with zero attached hydrogens (tertiary/aromatic N) is 1. The number of fused-ring (bicyclic) bond motifs is 1. The third-order valence-electron chi connectivity index (χ3n) is 3.89. The summed E-state index contributed by atoms with van der Waals surface area (Å²) in [6.45, 7) is -0.0638. The summed E-state index contributed by atoms with van der Waals surface area (Å²) in [4.78, 5) is 26.9. The lowest BCUT2D eigenvalue weighted by Crippen LogP contribution is -2.36. The summed E-state index contributed by atoms with van der Waals surface area (Å²) in [5.74, 6) is -0.928. The van der Waals surface area contributed by atoms with Crippen LogP contribution in [-0.2, 0) is 9.59 Å². The lowest BCUT2D eigenvalue weighted by molar-refractivity contribution is -0.286. The maximum atomic E-state index is 13.1. The smallest absolute Gasteiger partial charge is 0.395 e. The molecule has 2 aromatic carbocycles. The standard InChI is InChI=1S/C19H19F2N3O4S/c1-24(11-18(26)23-13-5-3-4-6-16(13)29-2)10-17(25)22-12-7-8-14-15(9-12)28-19(20,21)27-14/h3-9H,10-11H2,1-2H3,(H,22,25)(H,23,26). The molecule has 0 aliphatic carbocycles. The van der Waals surface area contributed by atoms with Crippen molar-refractivity contribution in [3.8, 4) is 11.5 Å². The molecule has 29 heavy (non-hydrogen) atoms. The number of carbonyl (C=O) groups excluding carboxylic acids is 2. The van der Waals surface area contributed by atoms with Crippen molar-refractivity contribution in [3.05, 3.63) is 42.5 Å². The van der Waals surface area contributed by atoms with E-state index in [0.717, 1.165) is 4.90 Å². The second kappa shape index (κ2) is 8.66. The lowest BCUT2D eigenvalue weighted by Gasteiger charge is -2.17. The second-order valence-corrected chi connectivity index (χ2v) is 7.15. The van der Waals surface area contributed by atoms with Crippen molar-refractivity contribution in [2.45, 2.75) is 11.2 Å². The molecule has 1 aliphatic rings. The van der Waals surface area contributed by atoms with Crippen LogP contribution < -0.4 is 20.1 Å². The summed E-state index contributed by atoms with van der Waals surface area (Å²) in [7, 11) is 1.62. The van der Waals surface area contributed by atoms with E-state index in [-0.39, 0.29) is 36.2 Å². The molecule has 2 N–H and O–H groups in total. The molecule has 7 nitrogen and oxygen atoms in total. The van der Waals surface area contributed by atoms with E-state index in [1.165, 1.54) is 34.9 Å². The van der Waals surface area contributed by atoms with Gasteiger partial charge in [-0.3, -0.25) is 14.5 Å². The maximum absolute atomic E-state index is 13.1. The number of benzene rings is 2. The summed E-state index contributed by atoms with van der Waals surface area (Å²) in [6, 6.07) is 11.4. The molecule has 2 aromatic rings. The number of ether oxygens (including phenoxy) is 2. The van der Waals surface area contributed by atoms with Crippen molar-refractivity contribution in [3.63, 3.8) is 0 Å². The number of anilines is 2. The van der Waals surface area contributed by atoms with Crippen LogP contribution in [0.1, 0.15) is 0 Å². The Labute approximate surface area is 170 Å². The fraction of sp³-hybridized carbons (Fsp3) is 0.263. The fourth-order valence-corrected chi connectivity index (χ4v) is 3.26.